The van der Waals surface area contributed by atoms with Crippen LogP contribution in [0.4, 0.5) is 0 Å². The highest BCUT2D eigenvalue weighted by Gasteiger charge is 2.24. The summed E-state index contributed by atoms with van der Waals surface area (Å²) in [4.78, 5) is 0. The number of β-amino-alcohol motifs (C(OH)–C–C–N with tert-alkyl or cyclic N) is 1. The molecule has 0 bridgehead atoms. The number of hydrogen-bond donors (Lipinski definition) is 2. The maximum absolute atomic E-state index is 9.36. The van der Waals surface area contributed by atoms with Gasteiger partial charge in [-0.05, 0) is 25.7 Å². The van der Waals surface area contributed by atoms with Crippen LogP contribution in [0.25, 0.3) is 0 Å². The summed E-state index contributed by atoms with van der Waals surface area (Å²) >= 11 is 0. The van der Waals surface area contributed by atoms with E-state index in [4.69, 9.17) is 0 Å². The van der Waals surface area contributed by atoms with Gasteiger partial charge in [0.05, 0.1) is 6.10 Å². The van der Waals surface area contributed by atoms with Gasteiger partial charge < -0.3 is 10.4 Å². The van der Waals surface area contributed by atoms with Crippen LogP contribution in [0.5, 0.6) is 0 Å². The van der Waals surface area contributed by atoms with Gasteiger partial charge in [-0.25, -0.2) is 0 Å². The maximum Gasteiger partial charge on any atom is 0.0667 e. The summed E-state index contributed by atoms with van der Waals surface area (Å²) in [5.74, 6) is 0.684. The molecule has 0 aromatic carbocycles. The monoisotopic (exact) mass is 157 g/mol. The van der Waals surface area contributed by atoms with Crippen LogP contribution in [0.3, 0.4) is 0 Å². The van der Waals surface area contributed by atoms with Crippen LogP contribution < -0.4 is 5.32 Å². The van der Waals surface area contributed by atoms with Crippen LogP contribution in [0.2, 0.25) is 0 Å². The zero-order valence-corrected chi connectivity index (χ0v) is 7.51. The largest absolute Gasteiger partial charge is 0.392 e. The summed E-state index contributed by atoms with van der Waals surface area (Å²) in [5.41, 5.74) is 0. The summed E-state index contributed by atoms with van der Waals surface area (Å²) < 4.78 is 0. The fourth-order valence-corrected chi connectivity index (χ4v) is 1.86. The molecule has 0 saturated carbocycles. The summed E-state index contributed by atoms with van der Waals surface area (Å²) in [6.45, 7) is 5.20. The maximum atomic E-state index is 9.36. The highest BCUT2D eigenvalue weighted by Crippen LogP contribution is 2.21. The molecular weight excluding hydrogens is 138 g/mol. The van der Waals surface area contributed by atoms with Gasteiger partial charge in [0.25, 0.3) is 0 Å². The van der Waals surface area contributed by atoms with Crippen molar-refractivity contribution in [1.29, 1.82) is 0 Å². The molecule has 66 valence electrons. The van der Waals surface area contributed by atoms with E-state index in [0.717, 1.165) is 13.0 Å². The Hall–Kier alpha value is -0.0800. The van der Waals surface area contributed by atoms with Crippen molar-refractivity contribution in [2.24, 2.45) is 5.92 Å². The van der Waals surface area contributed by atoms with Gasteiger partial charge in [-0.15, -0.1) is 0 Å². The summed E-state index contributed by atoms with van der Waals surface area (Å²) in [6, 6.07) is 0.596. The second-order valence-corrected chi connectivity index (χ2v) is 3.64. The van der Waals surface area contributed by atoms with E-state index in [1.807, 2.05) is 0 Å². The summed E-state index contributed by atoms with van der Waals surface area (Å²) in [5, 5.41) is 12.7. The first-order valence-corrected chi connectivity index (χ1v) is 4.65. The van der Waals surface area contributed by atoms with Crippen molar-refractivity contribution < 1.29 is 5.11 Å². The van der Waals surface area contributed by atoms with E-state index >= 15 is 0 Å². The van der Waals surface area contributed by atoms with Crippen molar-refractivity contribution in [2.45, 2.75) is 45.3 Å². The molecule has 0 radical (unpaired) electrons. The number of piperidine rings is 1. The second-order valence-electron chi connectivity index (χ2n) is 3.64. The third-order valence-electron chi connectivity index (χ3n) is 2.62. The van der Waals surface area contributed by atoms with E-state index in [0.29, 0.717) is 12.0 Å². The second kappa shape index (κ2) is 4.07. The van der Waals surface area contributed by atoms with Gasteiger partial charge in [-0.1, -0.05) is 13.3 Å². The molecule has 0 aromatic rings. The number of rotatable bonds is 2. The highest BCUT2D eigenvalue weighted by molar-refractivity contribution is 4.81. The third kappa shape index (κ3) is 2.46. The lowest BCUT2D eigenvalue weighted by Gasteiger charge is -2.32. The van der Waals surface area contributed by atoms with Crippen LogP contribution in [0.1, 0.15) is 33.1 Å². The van der Waals surface area contributed by atoms with Gasteiger partial charge >= 0.3 is 0 Å². The first kappa shape index (κ1) is 9.01. The topological polar surface area (TPSA) is 32.3 Å². The lowest BCUT2D eigenvalue weighted by Crippen LogP contribution is -2.45. The lowest BCUT2D eigenvalue weighted by atomic mass is 9.87. The Morgan fingerprint density at radius 1 is 1.55 bits per heavy atom. The Morgan fingerprint density at radius 2 is 2.27 bits per heavy atom. The highest BCUT2D eigenvalue weighted by atomic mass is 16.3. The van der Waals surface area contributed by atoms with Crippen molar-refractivity contribution in [3.8, 4) is 0 Å². The number of aliphatic hydroxyl groups excluding tert-OH is 1. The molecule has 0 aliphatic carbocycles. The van der Waals surface area contributed by atoms with Crippen LogP contribution in [0.15, 0.2) is 0 Å². The number of nitrogens with one attached hydrogen (secondary N) is 1. The predicted molar refractivity (Wildman–Crippen MR) is 46.5 cm³/mol. The lowest BCUT2D eigenvalue weighted by molar-refractivity contribution is 0.0907. The first-order valence-electron chi connectivity index (χ1n) is 4.65. The Balaban J connectivity index is 2.34. The summed E-state index contributed by atoms with van der Waals surface area (Å²) in [7, 11) is 0. The van der Waals surface area contributed by atoms with Crippen LogP contribution >= 0.6 is 0 Å². The van der Waals surface area contributed by atoms with E-state index in [9.17, 15) is 5.11 Å². The molecule has 2 heteroatoms. The smallest absolute Gasteiger partial charge is 0.0667 e. The Kier molecular flexibility index (Phi) is 3.34. The standard InChI is InChI=1S/C9H19NO/c1-3-4-8-5-9(11)6-10-7(8)2/h7-11H,3-6H2,1-2H3. The predicted octanol–water partition coefficient (Wildman–Crippen LogP) is 1.15. The van der Waals surface area contributed by atoms with Crippen molar-refractivity contribution in [2.75, 3.05) is 6.54 Å². The molecule has 3 atom stereocenters. The third-order valence-corrected chi connectivity index (χ3v) is 2.62. The first-order chi connectivity index (χ1) is 5.24. The minimum Gasteiger partial charge on any atom is -0.392 e. The van der Waals surface area contributed by atoms with Gasteiger partial charge in [-0.2, -0.15) is 0 Å². The van der Waals surface area contributed by atoms with Crippen LogP contribution in [-0.2, 0) is 0 Å². The molecule has 1 heterocycles. The van der Waals surface area contributed by atoms with Gasteiger partial charge in [-0.3, -0.25) is 0 Å². The zero-order chi connectivity index (χ0) is 8.27. The van der Waals surface area contributed by atoms with E-state index in [2.05, 4.69) is 19.2 Å². The van der Waals surface area contributed by atoms with Crippen molar-refractivity contribution in [3.05, 3.63) is 0 Å². The molecule has 0 aromatic heterocycles. The number of hydrogen-bond acceptors (Lipinski definition) is 2. The molecule has 1 aliphatic heterocycles. The van der Waals surface area contributed by atoms with Crippen LogP contribution in [0, 0.1) is 5.92 Å². The fraction of sp³-hybridized carbons (Fsp3) is 1.00. The molecule has 1 saturated heterocycles. The minimum atomic E-state index is -0.109. The Labute approximate surface area is 69.0 Å². The molecule has 1 fully saturated rings. The van der Waals surface area contributed by atoms with E-state index in [-0.39, 0.29) is 6.10 Å². The molecule has 2 nitrogen and oxygen atoms in total. The fourth-order valence-electron chi connectivity index (χ4n) is 1.86. The molecule has 1 rings (SSSR count). The summed E-state index contributed by atoms with van der Waals surface area (Å²) in [6.07, 6.45) is 3.35. The molecule has 2 N–H and O–H groups in total. The van der Waals surface area contributed by atoms with Gasteiger partial charge in [0.15, 0.2) is 0 Å². The van der Waals surface area contributed by atoms with E-state index in [1.54, 1.807) is 0 Å². The van der Waals surface area contributed by atoms with Gasteiger partial charge in [0.2, 0.25) is 0 Å². The molecule has 11 heavy (non-hydrogen) atoms. The average molecular weight is 157 g/mol. The number of aliphatic hydroxyl groups is 1. The quantitative estimate of drug-likeness (QED) is 0.630. The van der Waals surface area contributed by atoms with Crippen molar-refractivity contribution >= 4 is 0 Å². The normalized spacial score (nSPS) is 39.0. The van der Waals surface area contributed by atoms with Gasteiger partial charge in [0.1, 0.15) is 0 Å². The van der Waals surface area contributed by atoms with E-state index in [1.165, 1.54) is 12.8 Å². The molecular formula is C9H19NO. The van der Waals surface area contributed by atoms with Crippen molar-refractivity contribution in [1.82, 2.24) is 5.32 Å². The van der Waals surface area contributed by atoms with E-state index < -0.39 is 0 Å². The van der Waals surface area contributed by atoms with Crippen molar-refractivity contribution in [3.63, 3.8) is 0 Å². The molecule has 3 unspecified atom stereocenters. The van der Waals surface area contributed by atoms with Gasteiger partial charge in [0, 0.05) is 12.6 Å². The van der Waals surface area contributed by atoms with Crippen LogP contribution in [-0.4, -0.2) is 23.8 Å². The molecule has 0 amide bonds. The Bertz CT molecular complexity index is 116. The SMILES string of the molecule is CCCC1CC(O)CNC1C. The minimum absolute atomic E-state index is 0.109. The zero-order valence-electron chi connectivity index (χ0n) is 7.51. The Morgan fingerprint density at radius 3 is 2.91 bits per heavy atom. The molecule has 1 aliphatic rings. The average Bonchev–Trinajstić information content (AvgIpc) is 1.98. The molecule has 0 spiro atoms.